The van der Waals surface area contributed by atoms with Crippen molar-refractivity contribution in [1.29, 1.82) is 0 Å². The summed E-state index contributed by atoms with van der Waals surface area (Å²) >= 11 is 7.05. The number of nitrogens with zero attached hydrogens (tertiary/aromatic N) is 4. The molecule has 0 aliphatic carbocycles. The van der Waals surface area contributed by atoms with E-state index in [2.05, 4.69) is 72.4 Å². The largest absolute Gasteiger partial charge is 0.337 e. The molecule has 3 rings (SSSR count). The fraction of sp³-hybridized carbons (Fsp3) is 0.353. The highest BCUT2D eigenvalue weighted by Crippen LogP contribution is 2.31. The van der Waals surface area contributed by atoms with Gasteiger partial charge in [0.2, 0.25) is 0 Å². The number of pyridine rings is 1. The van der Waals surface area contributed by atoms with Gasteiger partial charge in [0, 0.05) is 14.6 Å². The summed E-state index contributed by atoms with van der Waals surface area (Å²) in [7, 11) is 0. The Balaban J connectivity index is 2.08. The van der Waals surface area contributed by atoms with E-state index in [-0.39, 0.29) is 0 Å². The summed E-state index contributed by atoms with van der Waals surface area (Å²) in [6, 6.07) is 8.38. The summed E-state index contributed by atoms with van der Waals surface area (Å²) in [5, 5.41) is 12.1. The number of rotatable bonds is 5. The Morgan fingerprint density at radius 1 is 1.17 bits per heavy atom. The molecule has 0 amide bonds. The van der Waals surface area contributed by atoms with Crippen LogP contribution in [0.15, 0.2) is 33.2 Å². The second-order valence-electron chi connectivity index (χ2n) is 5.73. The third-order valence-corrected chi connectivity index (χ3v) is 5.21. The maximum absolute atomic E-state index is 4.62. The average Bonchev–Trinajstić information content (AvgIpc) is 2.95. The molecule has 0 fully saturated rings. The van der Waals surface area contributed by atoms with E-state index >= 15 is 0 Å². The van der Waals surface area contributed by atoms with Crippen LogP contribution in [0, 0.1) is 6.92 Å². The molecule has 0 unspecified atom stereocenters. The summed E-state index contributed by atoms with van der Waals surface area (Å²) in [5.41, 5.74) is 3.69. The minimum absolute atomic E-state index is 0.351. The molecule has 0 spiro atoms. The smallest absolute Gasteiger partial charge is 0.160 e. The van der Waals surface area contributed by atoms with Crippen LogP contribution in [0.2, 0.25) is 0 Å². The van der Waals surface area contributed by atoms with E-state index in [1.165, 1.54) is 0 Å². The monoisotopic (exact) mass is 451 g/mol. The minimum atomic E-state index is 0.351. The van der Waals surface area contributed by atoms with Crippen molar-refractivity contribution < 1.29 is 0 Å². The lowest BCUT2D eigenvalue weighted by molar-refractivity contribution is 0.430. The standard InChI is InChI=1S/C17H19Br2N5/c1-4-12(5-2)24-15-8-10(3)20-17(16(15)22-23-24)21-14-7-6-11(18)9-13(14)19/h6-9,12H,4-5H2,1-3H3,(H,20,21). The van der Waals surface area contributed by atoms with Crippen molar-refractivity contribution in [2.45, 2.75) is 39.7 Å². The van der Waals surface area contributed by atoms with Gasteiger partial charge in [0.05, 0.1) is 17.2 Å². The molecule has 1 aromatic carbocycles. The Hall–Kier alpha value is -1.47. The summed E-state index contributed by atoms with van der Waals surface area (Å²) in [6.45, 7) is 6.34. The number of benzene rings is 1. The Morgan fingerprint density at radius 2 is 1.92 bits per heavy atom. The van der Waals surface area contributed by atoms with Crippen LogP contribution in [-0.2, 0) is 0 Å². The maximum atomic E-state index is 4.62. The molecule has 1 N–H and O–H groups in total. The normalized spacial score (nSPS) is 11.4. The van der Waals surface area contributed by atoms with E-state index < -0.39 is 0 Å². The number of aromatic nitrogens is 4. The zero-order valence-corrected chi connectivity index (χ0v) is 17.0. The summed E-state index contributed by atoms with van der Waals surface area (Å²) in [6.07, 6.45) is 2.05. The fourth-order valence-electron chi connectivity index (χ4n) is 2.77. The Bertz CT molecular complexity index is 871. The first-order valence-electron chi connectivity index (χ1n) is 7.98. The van der Waals surface area contributed by atoms with Crippen LogP contribution in [0.4, 0.5) is 11.5 Å². The summed E-state index contributed by atoms with van der Waals surface area (Å²) in [4.78, 5) is 4.62. The number of halogens is 2. The maximum Gasteiger partial charge on any atom is 0.160 e. The highest BCUT2D eigenvalue weighted by atomic mass is 79.9. The molecular formula is C17H19Br2N5. The van der Waals surface area contributed by atoms with E-state index in [0.717, 1.165) is 50.0 Å². The molecule has 0 saturated carbocycles. The van der Waals surface area contributed by atoms with E-state index in [4.69, 9.17) is 0 Å². The lowest BCUT2D eigenvalue weighted by atomic mass is 10.1. The minimum Gasteiger partial charge on any atom is -0.337 e. The SMILES string of the molecule is CCC(CC)n1nnc2c(Nc3ccc(Br)cc3Br)nc(C)cc21. The topological polar surface area (TPSA) is 55.6 Å². The van der Waals surface area contributed by atoms with E-state index in [1.54, 1.807) is 0 Å². The van der Waals surface area contributed by atoms with Crippen LogP contribution < -0.4 is 5.32 Å². The number of aryl methyl sites for hydroxylation is 1. The fourth-order valence-corrected chi connectivity index (χ4v) is 3.92. The molecule has 5 nitrogen and oxygen atoms in total. The van der Waals surface area contributed by atoms with Gasteiger partial charge in [0.25, 0.3) is 0 Å². The molecule has 3 aromatic rings. The third kappa shape index (κ3) is 3.32. The zero-order valence-electron chi connectivity index (χ0n) is 13.8. The molecule has 0 bridgehead atoms. The summed E-state index contributed by atoms with van der Waals surface area (Å²) in [5.74, 6) is 0.727. The average molecular weight is 453 g/mol. The highest BCUT2D eigenvalue weighted by Gasteiger charge is 2.17. The van der Waals surface area contributed by atoms with Crippen LogP contribution in [0.5, 0.6) is 0 Å². The third-order valence-electron chi connectivity index (χ3n) is 4.06. The predicted molar refractivity (Wildman–Crippen MR) is 105 cm³/mol. The van der Waals surface area contributed by atoms with E-state index in [1.807, 2.05) is 29.8 Å². The van der Waals surface area contributed by atoms with Crippen LogP contribution >= 0.6 is 31.9 Å². The van der Waals surface area contributed by atoms with Gasteiger partial charge in [-0.3, -0.25) is 0 Å². The van der Waals surface area contributed by atoms with Gasteiger partial charge in [-0.25, -0.2) is 9.67 Å². The van der Waals surface area contributed by atoms with E-state index in [9.17, 15) is 0 Å². The van der Waals surface area contributed by atoms with Crippen LogP contribution in [0.1, 0.15) is 38.4 Å². The van der Waals surface area contributed by atoms with Crippen molar-refractivity contribution in [3.63, 3.8) is 0 Å². The second kappa shape index (κ2) is 7.19. The Labute approximate surface area is 158 Å². The Morgan fingerprint density at radius 3 is 2.58 bits per heavy atom. The van der Waals surface area contributed by atoms with Crippen LogP contribution in [0.25, 0.3) is 11.0 Å². The first-order valence-corrected chi connectivity index (χ1v) is 9.56. The quantitative estimate of drug-likeness (QED) is 0.534. The van der Waals surface area contributed by atoms with Gasteiger partial charge >= 0.3 is 0 Å². The molecule has 2 aromatic heterocycles. The summed E-state index contributed by atoms with van der Waals surface area (Å²) < 4.78 is 3.99. The van der Waals surface area contributed by atoms with Gasteiger partial charge in [-0.1, -0.05) is 35.0 Å². The number of nitrogens with one attached hydrogen (secondary N) is 1. The van der Waals surface area contributed by atoms with Crippen molar-refractivity contribution in [1.82, 2.24) is 20.0 Å². The van der Waals surface area contributed by atoms with Crippen LogP contribution in [-0.4, -0.2) is 20.0 Å². The highest BCUT2D eigenvalue weighted by molar-refractivity contribution is 9.11. The van der Waals surface area contributed by atoms with Crippen molar-refractivity contribution in [2.75, 3.05) is 5.32 Å². The van der Waals surface area contributed by atoms with Crippen LogP contribution in [0.3, 0.4) is 0 Å². The predicted octanol–water partition coefficient (Wildman–Crippen LogP) is 5.76. The molecule has 0 radical (unpaired) electrons. The lowest BCUT2D eigenvalue weighted by Gasteiger charge is -2.14. The van der Waals surface area contributed by atoms with Gasteiger partial charge in [0.15, 0.2) is 11.3 Å². The van der Waals surface area contributed by atoms with Gasteiger partial charge in [-0.05, 0) is 60.0 Å². The van der Waals surface area contributed by atoms with E-state index in [0.29, 0.717) is 6.04 Å². The molecule has 0 saturated heterocycles. The molecule has 24 heavy (non-hydrogen) atoms. The van der Waals surface area contributed by atoms with Gasteiger partial charge in [-0.2, -0.15) is 0 Å². The molecule has 7 heteroatoms. The number of anilines is 2. The molecule has 126 valence electrons. The molecule has 0 aliphatic rings. The number of hydrogen-bond donors (Lipinski definition) is 1. The van der Waals surface area contributed by atoms with Crippen molar-refractivity contribution >= 4 is 54.4 Å². The van der Waals surface area contributed by atoms with Gasteiger partial charge < -0.3 is 5.32 Å². The molecule has 0 aliphatic heterocycles. The van der Waals surface area contributed by atoms with Crippen molar-refractivity contribution in [2.24, 2.45) is 0 Å². The van der Waals surface area contributed by atoms with Crippen molar-refractivity contribution in [3.8, 4) is 0 Å². The zero-order chi connectivity index (χ0) is 17.3. The Kier molecular flexibility index (Phi) is 5.20. The molecule has 2 heterocycles. The van der Waals surface area contributed by atoms with Crippen molar-refractivity contribution in [3.05, 3.63) is 38.9 Å². The second-order valence-corrected chi connectivity index (χ2v) is 7.50. The first kappa shape index (κ1) is 17.4. The van der Waals surface area contributed by atoms with Gasteiger partial charge in [0.1, 0.15) is 0 Å². The molecular weight excluding hydrogens is 434 g/mol. The lowest BCUT2D eigenvalue weighted by Crippen LogP contribution is -2.09. The van der Waals surface area contributed by atoms with Gasteiger partial charge in [-0.15, -0.1) is 5.10 Å². The number of fused-ring (bicyclic) bond motifs is 1. The first-order chi connectivity index (χ1) is 11.5. The number of hydrogen-bond acceptors (Lipinski definition) is 4. The molecule has 0 atom stereocenters.